The number of thiazole rings is 1. The zero-order valence-electron chi connectivity index (χ0n) is 45.4. The van der Waals surface area contributed by atoms with Crippen molar-refractivity contribution in [2.24, 2.45) is 5.41 Å². The number of amides is 5. The van der Waals surface area contributed by atoms with E-state index in [1.165, 1.54) is 0 Å². The highest BCUT2D eigenvalue weighted by Gasteiger charge is 2.43. The Balaban J connectivity index is 0.705. The van der Waals surface area contributed by atoms with Gasteiger partial charge in [-0.15, -0.1) is 11.3 Å². The van der Waals surface area contributed by atoms with E-state index >= 15 is 0 Å². The first-order chi connectivity index (χ1) is 36.6. The standard InChI is InChI=1S/C56H78N12O7S/c1-8-43-53(72)65(6)45-34-59-55(64-50(45)68(43)41-12-9-10-13-41)62-42-20-19-39(32-46(42)74-7)51(70)61-40-22-27-66(28-23-40)29-31-75-30-25-57-24-21-47(69)63-49(56(3,4)5)54(73)67-26-11-14-44(67)52(71)58-33-37-15-17-38(18-16-37)48-36(2)60-35-76-48/h15-20,32,34-35,40-41,43-44,49,57H,8-14,21-31,33H2,1-7H3,(H,58,71)(H,61,70)(H,63,69)(H,59,62,64)/t43-,44+,49-/m1/s1. The minimum Gasteiger partial charge on any atom is -0.495 e. The number of likely N-dealkylation sites (tertiary alicyclic amines) is 2. The van der Waals surface area contributed by atoms with Gasteiger partial charge in [-0.25, -0.2) is 9.97 Å². The van der Waals surface area contributed by atoms with E-state index in [1.54, 1.807) is 59.7 Å². The van der Waals surface area contributed by atoms with E-state index < -0.39 is 17.5 Å². The van der Waals surface area contributed by atoms with Crippen LogP contribution in [0, 0.1) is 12.3 Å². The van der Waals surface area contributed by atoms with Gasteiger partial charge < -0.3 is 55.7 Å². The molecule has 19 nitrogen and oxygen atoms in total. The summed E-state index contributed by atoms with van der Waals surface area (Å²) in [7, 11) is 3.36. The third-order valence-corrected chi connectivity index (χ3v) is 16.2. The second kappa shape index (κ2) is 25.7. The van der Waals surface area contributed by atoms with E-state index in [0.29, 0.717) is 87.3 Å². The normalized spacial score (nSPS) is 18.9. The van der Waals surface area contributed by atoms with Crippen molar-refractivity contribution in [1.82, 2.24) is 46.0 Å². The first-order valence-electron chi connectivity index (χ1n) is 27.2. The van der Waals surface area contributed by atoms with Gasteiger partial charge in [0.15, 0.2) is 5.82 Å². The number of fused-ring (bicyclic) bond motifs is 1. The highest BCUT2D eigenvalue weighted by molar-refractivity contribution is 7.13. The molecule has 4 aliphatic rings. The van der Waals surface area contributed by atoms with Gasteiger partial charge >= 0.3 is 0 Å². The molecule has 2 saturated heterocycles. The summed E-state index contributed by atoms with van der Waals surface area (Å²) < 4.78 is 11.7. The largest absolute Gasteiger partial charge is 0.495 e. The number of carbonyl (C=O) groups excluding carboxylic acids is 5. The summed E-state index contributed by atoms with van der Waals surface area (Å²) in [6, 6.07) is 12.0. The maximum atomic E-state index is 14.0. The van der Waals surface area contributed by atoms with Crippen LogP contribution in [-0.2, 0) is 30.5 Å². The van der Waals surface area contributed by atoms with Crippen molar-refractivity contribution in [3.63, 3.8) is 0 Å². The first-order valence-corrected chi connectivity index (χ1v) is 28.1. The molecule has 2 aromatic heterocycles. The highest BCUT2D eigenvalue weighted by atomic mass is 32.1. The quantitative estimate of drug-likeness (QED) is 0.0555. The third kappa shape index (κ3) is 13.7. The average Bonchev–Trinajstić information content (AvgIpc) is 4.23. The van der Waals surface area contributed by atoms with Crippen molar-refractivity contribution in [2.45, 2.75) is 136 Å². The van der Waals surface area contributed by atoms with E-state index in [-0.39, 0.29) is 54.1 Å². The van der Waals surface area contributed by atoms with Crippen LogP contribution in [0.25, 0.3) is 10.4 Å². The fourth-order valence-electron chi connectivity index (χ4n) is 10.8. The monoisotopic (exact) mass is 1060 g/mol. The van der Waals surface area contributed by atoms with Crippen molar-refractivity contribution in [3.05, 3.63) is 71.0 Å². The van der Waals surface area contributed by atoms with Crippen molar-refractivity contribution < 1.29 is 33.4 Å². The van der Waals surface area contributed by atoms with Crippen molar-refractivity contribution in [3.8, 4) is 16.2 Å². The molecule has 0 bridgehead atoms. The molecule has 4 aromatic rings. The third-order valence-electron chi connectivity index (χ3n) is 15.2. The first kappa shape index (κ1) is 56.0. The molecule has 3 atom stereocenters. The van der Waals surface area contributed by atoms with E-state index in [9.17, 15) is 24.0 Å². The number of anilines is 4. The lowest BCUT2D eigenvalue weighted by molar-refractivity contribution is -0.143. The number of methoxy groups -OCH3 is 1. The summed E-state index contributed by atoms with van der Waals surface area (Å²) in [5.74, 6) is 0.876. The minimum atomic E-state index is -0.782. The number of nitrogens with one attached hydrogen (secondary N) is 5. The number of hydrogen-bond donors (Lipinski definition) is 5. The van der Waals surface area contributed by atoms with Crippen LogP contribution in [0.3, 0.4) is 0 Å². The summed E-state index contributed by atoms with van der Waals surface area (Å²) in [5.41, 5.74) is 6.13. The van der Waals surface area contributed by atoms with Crippen LogP contribution in [-0.4, -0.2) is 151 Å². The summed E-state index contributed by atoms with van der Waals surface area (Å²) in [6.45, 7) is 15.1. The number of aromatic nitrogens is 3. The van der Waals surface area contributed by atoms with Crippen LogP contribution < -0.4 is 41.1 Å². The predicted molar refractivity (Wildman–Crippen MR) is 296 cm³/mol. The Morgan fingerprint density at radius 3 is 2.38 bits per heavy atom. The molecule has 0 radical (unpaired) electrons. The predicted octanol–water partition coefficient (Wildman–Crippen LogP) is 6.19. The molecule has 3 aliphatic heterocycles. The molecule has 1 saturated carbocycles. The molecule has 76 heavy (non-hydrogen) atoms. The van der Waals surface area contributed by atoms with Crippen LogP contribution in [0.15, 0.2) is 54.2 Å². The number of ether oxygens (including phenoxy) is 2. The van der Waals surface area contributed by atoms with Gasteiger partial charge in [-0.2, -0.15) is 4.98 Å². The zero-order chi connectivity index (χ0) is 53.9. The maximum Gasteiger partial charge on any atom is 0.251 e. The molecule has 5 amide bonds. The fourth-order valence-corrected chi connectivity index (χ4v) is 11.7. The van der Waals surface area contributed by atoms with Gasteiger partial charge in [0.25, 0.3) is 5.91 Å². The fraction of sp³-hybridized carbons (Fsp3) is 0.571. The van der Waals surface area contributed by atoms with Gasteiger partial charge in [0, 0.05) is 76.9 Å². The molecular formula is C56H78N12O7S. The van der Waals surface area contributed by atoms with Gasteiger partial charge in [0.2, 0.25) is 29.6 Å². The van der Waals surface area contributed by atoms with Crippen LogP contribution in [0.2, 0.25) is 0 Å². The molecule has 410 valence electrons. The number of benzene rings is 2. The SMILES string of the molecule is CC[C@@H]1C(=O)N(C)c2cnc(Nc3ccc(C(=O)NC4CCN(CCOCCNCCC(=O)N[C@H](C(=O)N5CCC[C@H]5C(=O)NCc5ccc(-c6scnc6C)cc5)C(C)(C)C)CC4)cc3OC)nc2N1C1CCCC1. The maximum absolute atomic E-state index is 14.0. The highest BCUT2D eigenvalue weighted by Crippen LogP contribution is 2.41. The topological polar surface area (TPSA) is 216 Å². The van der Waals surface area contributed by atoms with E-state index in [2.05, 4.69) is 46.4 Å². The lowest BCUT2D eigenvalue weighted by atomic mass is 9.85. The molecule has 1 aliphatic carbocycles. The lowest BCUT2D eigenvalue weighted by Crippen LogP contribution is -2.57. The molecule has 2 aromatic carbocycles. The molecule has 0 spiro atoms. The van der Waals surface area contributed by atoms with E-state index in [4.69, 9.17) is 14.5 Å². The van der Waals surface area contributed by atoms with Crippen molar-refractivity contribution in [1.29, 1.82) is 0 Å². The summed E-state index contributed by atoms with van der Waals surface area (Å²) in [6.07, 6.45) is 9.86. The number of piperidine rings is 1. The number of carbonyl (C=O) groups is 5. The van der Waals surface area contributed by atoms with Gasteiger partial charge in [0.1, 0.15) is 29.6 Å². The Morgan fingerprint density at radius 2 is 1.68 bits per heavy atom. The average molecular weight is 1060 g/mol. The second-order valence-corrected chi connectivity index (χ2v) is 22.4. The number of hydrogen-bond acceptors (Lipinski definition) is 15. The van der Waals surface area contributed by atoms with Crippen molar-refractivity contribution >= 4 is 64.0 Å². The molecule has 5 heterocycles. The zero-order valence-corrected chi connectivity index (χ0v) is 46.2. The van der Waals surface area contributed by atoms with Gasteiger partial charge in [-0.3, -0.25) is 24.0 Å². The molecule has 5 N–H and O–H groups in total. The molecule has 3 fully saturated rings. The summed E-state index contributed by atoms with van der Waals surface area (Å²) in [4.78, 5) is 90.3. The van der Waals surface area contributed by atoms with Crippen molar-refractivity contribution in [2.75, 3.05) is 81.8 Å². The smallest absolute Gasteiger partial charge is 0.251 e. The Bertz CT molecular complexity index is 2650. The second-order valence-electron chi connectivity index (χ2n) is 21.5. The van der Waals surface area contributed by atoms with Crippen LogP contribution in [0.1, 0.15) is 114 Å². The van der Waals surface area contributed by atoms with Gasteiger partial charge in [0.05, 0.1) is 48.3 Å². The van der Waals surface area contributed by atoms with Gasteiger partial charge in [-0.05, 0) is 86.6 Å². The van der Waals surface area contributed by atoms with E-state index in [1.807, 2.05) is 64.4 Å². The molecular weight excluding hydrogens is 985 g/mol. The van der Waals surface area contributed by atoms with E-state index in [0.717, 1.165) is 85.7 Å². The molecule has 20 heteroatoms. The number of likely N-dealkylation sites (N-methyl/N-ethyl adjacent to an activating group) is 1. The minimum absolute atomic E-state index is 0.0406. The Kier molecular flexibility index (Phi) is 19.0. The van der Waals surface area contributed by atoms with Gasteiger partial charge in [-0.1, -0.05) is 64.8 Å². The van der Waals surface area contributed by atoms with Crippen LogP contribution >= 0.6 is 11.3 Å². The Hall–Kier alpha value is -6.22. The lowest BCUT2D eigenvalue weighted by Gasteiger charge is -2.43. The number of nitrogens with zero attached hydrogens (tertiary/aromatic N) is 7. The number of rotatable bonds is 22. The Morgan fingerprint density at radius 1 is 0.921 bits per heavy atom. The summed E-state index contributed by atoms with van der Waals surface area (Å²) >= 11 is 1.60. The van der Waals surface area contributed by atoms with Crippen LogP contribution in [0.4, 0.5) is 23.1 Å². The van der Waals surface area contributed by atoms with Crippen LogP contribution in [0.5, 0.6) is 5.75 Å². The molecule has 8 rings (SSSR count). The Labute approximate surface area is 451 Å². The molecule has 0 unspecified atom stereocenters. The summed E-state index contributed by atoms with van der Waals surface area (Å²) in [5, 5.41) is 15.8. The number of aryl methyl sites for hydroxylation is 1.